The summed E-state index contributed by atoms with van der Waals surface area (Å²) in [5, 5.41) is 3.27. The van der Waals surface area contributed by atoms with E-state index >= 15 is 0 Å². The summed E-state index contributed by atoms with van der Waals surface area (Å²) in [5.74, 6) is 0.0734. The molecule has 0 saturated carbocycles. The topological polar surface area (TPSA) is 24.5 Å². The zero-order valence-electron chi connectivity index (χ0n) is 11.7. The first-order chi connectivity index (χ1) is 8.50. The molecule has 0 saturated heterocycles. The van der Waals surface area contributed by atoms with Gasteiger partial charge in [-0.3, -0.25) is 0 Å². The molecule has 0 unspecified atom stereocenters. The van der Waals surface area contributed by atoms with Gasteiger partial charge in [-0.1, -0.05) is 26.0 Å². The Balaban J connectivity index is 2.67. The number of halogens is 1. The first kappa shape index (κ1) is 14.9. The summed E-state index contributed by atoms with van der Waals surface area (Å²) in [6.07, 6.45) is 0. The summed E-state index contributed by atoms with van der Waals surface area (Å²) < 4.78 is 19.3. The highest BCUT2D eigenvalue weighted by molar-refractivity contribution is 5.34. The Morgan fingerprint density at radius 3 is 2.67 bits per heavy atom. The maximum Gasteiger partial charge on any atom is 0.165 e. The maximum atomic E-state index is 13.7. The monoisotopic (exact) mass is 254 g/mol. The molecule has 1 aromatic rings. The van der Waals surface area contributed by atoms with E-state index < -0.39 is 0 Å². The van der Waals surface area contributed by atoms with Crippen molar-refractivity contribution < 1.29 is 9.13 Å². The fourth-order valence-corrected chi connectivity index (χ4v) is 1.50. The minimum Gasteiger partial charge on any atom is -0.489 e. The molecule has 0 bridgehead atoms. The second kappa shape index (κ2) is 7.34. The summed E-state index contributed by atoms with van der Waals surface area (Å²) in [6.45, 7) is 6.00. The number of likely N-dealkylation sites (N-methyl/N-ethyl adjacent to an activating group) is 1. The largest absolute Gasteiger partial charge is 0.489 e. The molecule has 0 aliphatic heterocycles. The quantitative estimate of drug-likeness (QED) is 0.808. The average molecular weight is 254 g/mol. The lowest BCUT2D eigenvalue weighted by atomic mass is 10.2. The van der Waals surface area contributed by atoms with Crippen LogP contribution in [0.5, 0.6) is 5.75 Å². The van der Waals surface area contributed by atoms with E-state index in [0.29, 0.717) is 24.9 Å². The summed E-state index contributed by atoms with van der Waals surface area (Å²) >= 11 is 0. The van der Waals surface area contributed by atoms with E-state index in [-0.39, 0.29) is 5.82 Å². The molecule has 1 rings (SSSR count). The second-order valence-corrected chi connectivity index (χ2v) is 4.92. The molecule has 0 aromatic heterocycles. The molecule has 0 aliphatic rings. The molecule has 0 aliphatic carbocycles. The van der Waals surface area contributed by atoms with E-state index in [1.54, 1.807) is 6.07 Å². The lowest BCUT2D eigenvalue weighted by Crippen LogP contribution is -2.23. The minimum atomic E-state index is -0.295. The van der Waals surface area contributed by atoms with Gasteiger partial charge in [0.2, 0.25) is 0 Å². The molecule has 0 radical (unpaired) electrons. The number of nitrogens with one attached hydrogen (secondary N) is 1. The van der Waals surface area contributed by atoms with E-state index in [1.807, 2.05) is 25.1 Å². The molecule has 0 atom stereocenters. The molecule has 0 amide bonds. The molecule has 18 heavy (non-hydrogen) atoms. The normalized spacial score (nSPS) is 11.3. The van der Waals surface area contributed by atoms with Crippen molar-refractivity contribution in [2.75, 3.05) is 27.2 Å². The van der Waals surface area contributed by atoms with Gasteiger partial charge in [0.25, 0.3) is 0 Å². The predicted octanol–water partition coefficient (Wildman–Crippen LogP) is 2.26. The predicted molar refractivity (Wildman–Crippen MR) is 72.4 cm³/mol. The lowest BCUT2D eigenvalue weighted by Gasteiger charge is -2.16. The van der Waals surface area contributed by atoms with E-state index in [0.717, 1.165) is 12.1 Å². The SMILES string of the molecule is CC(C)NCc1cccc(F)c1OCCN(C)C. The molecule has 0 heterocycles. The molecule has 102 valence electrons. The van der Waals surface area contributed by atoms with E-state index in [2.05, 4.69) is 19.2 Å². The van der Waals surface area contributed by atoms with Crippen molar-refractivity contribution in [2.45, 2.75) is 26.4 Å². The van der Waals surface area contributed by atoms with Crippen molar-refractivity contribution in [1.29, 1.82) is 0 Å². The highest BCUT2D eigenvalue weighted by Gasteiger charge is 2.10. The smallest absolute Gasteiger partial charge is 0.165 e. The van der Waals surface area contributed by atoms with E-state index in [1.165, 1.54) is 6.07 Å². The fraction of sp³-hybridized carbons (Fsp3) is 0.571. The van der Waals surface area contributed by atoms with Crippen LogP contribution in [0.1, 0.15) is 19.4 Å². The third-order valence-corrected chi connectivity index (χ3v) is 2.53. The van der Waals surface area contributed by atoms with Crippen LogP contribution in [-0.2, 0) is 6.54 Å². The summed E-state index contributed by atoms with van der Waals surface area (Å²) in [4.78, 5) is 2.01. The van der Waals surface area contributed by atoms with Gasteiger partial charge < -0.3 is 15.0 Å². The molecule has 3 nitrogen and oxygen atoms in total. The first-order valence-electron chi connectivity index (χ1n) is 6.29. The van der Waals surface area contributed by atoms with E-state index in [4.69, 9.17) is 4.74 Å². The van der Waals surface area contributed by atoms with Gasteiger partial charge in [0.1, 0.15) is 6.61 Å². The van der Waals surface area contributed by atoms with Crippen LogP contribution in [-0.4, -0.2) is 38.2 Å². The molecule has 0 spiro atoms. The summed E-state index contributed by atoms with van der Waals surface area (Å²) in [7, 11) is 3.93. The fourth-order valence-electron chi connectivity index (χ4n) is 1.50. The average Bonchev–Trinajstić information content (AvgIpc) is 2.28. The standard InChI is InChI=1S/C14H23FN2O/c1-11(2)16-10-12-6-5-7-13(15)14(12)18-9-8-17(3)4/h5-7,11,16H,8-10H2,1-4H3. The van der Waals surface area contributed by atoms with Crippen molar-refractivity contribution in [1.82, 2.24) is 10.2 Å². The van der Waals surface area contributed by atoms with Gasteiger partial charge >= 0.3 is 0 Å². The molecular weight excluding hydrogens is 231 g/mol. The van der Waals surface area contributed by atoms with E-state index in [9.17, 15) is 4.39 Å². The Labute approximate surface area is 109 Å². The molecule has 4 heteroatoms. The van der Waals surface area contributed by atoms with Crippen LogP contribution in [0.25, 0.3) is 0 Å². The van der Waals surface area contributed by atoms with Gasteiger partial charge in [0.15, 0.2) is 11.6 Å². The van der Waals surface area contributed by atoms with Gasteiger partial charge in [-0.25, -0.2) is 4.39 Å². The van der Waals surface area contributed by atoms with Gasteiger partial charge in [-0.15, -0.1) is 0 Å². The number of rotatable bonds is 7. The highest BCUT2D eigenvalue weighted by Crippen LogP contribution is 2.22. The van der Waals surface area contributed by atoms with Crippen LogP contribution in [0, 0.1) is 5.82 Å². The van der Waals surface area contributed by atoms with Gasteiger partial charge in [-0.05, 0) is 20.2 Å². The van der Waals surface area contributed by atoms with Crippen LogP contribution < -0.4 is 10.1 Å². The number of para-hydroxylation sites is 1. The molecular formula is C14H23FN2O. The first-order valence-corrected chi connectivity index (χ1v) is 6.29. The van der Waals surface area contributed by atoms with Crippen LogP contribution in [0.4, 0.5) is 4.39 Å². The highest BCUT2D eigenvalue weighted by atomic mass is 19.1. The van der Waals surface area contributed by atoms with Crippen LogP contribution >= 0.6 is 0 Å². The molecule has 1 N–H and O–H groups in total. The Bertz CT molecular complexity index is 367. The van der Waals surface area contributed by atoms with Crippen LogP contribution in [0.2, 0.25) is 0 Å². The third-order valence-electron chi connectivity index (χ3n) is 2.53. The van der Waals surface area contributed by atoms with Gasteiger partial charge in [0, 0.05) is 24.7 Å². The number of benzene rings is 1. The zero-order chi connectivity index (χ0) is 13.5. The van der Waals surface area contributed by atoms with Crippen LogP contribution in [0.3, 0.4) is 0 Å². The van der Waals surface area contributed by atoms with Crippen molar-refractivity contribution in [3.63, 3.8) is 0 Å². The van der Waals surface area contributed by atoms with Gasteiger partial charge in [0.05, 0.1) is 0 Å². The Morgan fingerprint density at radius 2 is 2.06 bits per heavy atom. The number of nitrogens with zero attached hydrogens (tertiary/aromatic N) is 1. The number of ether oxygens (including phenoxy) is 1. The second-order valence-electron chi connectivity index (χ2n) is 4.92. The third kappa shape index (κ3) is 5.02. The van der Waals surface area contributed by atoms with Crippen molar-refractivity contribution in [2.24, 2.45) is 0 Å². The minimum absolute atomic E-state index is 0.295. The van der Waals surface area contributed by atoms with Crippen LogP contribution in [0.15, 0.2) is 18.2 Å². The number of hydrogen-bond donors (Lipinski definition) is 1. The van der Waals surface area contributed by atoms with Gasteiger partial charge in [-0.2, -0.15) is 0 Å². The molecule has 0 fully saturated rings. The van der Waals surface area contributed by atoms with Crippen molar-refractivity contribution >= 4 is 0 Å². The zero-order valence-corrected chi connectivity index (χ0v) is 11.7. The number of hydrogen-bond acceptors (Lipinski definition) is 3. The lowest BCUT2D eigenvalue weighted by molar-refractivity contribution is 0.249. The van der Waals surface area contributed by atoms with Crippen molar-refractivity contribution in [3.8, 4) is 5.75 Å². The Kier molecular flexibility index (Phi) is 6.09. The maximum absolute atomic E-state index is 13.7. The summed E-state index contributed by atoms with van der Waals surface area (Å²) in [5.41, 5.74) is 0.863. The molecule has 1 aromatic carbocycles. The Morgan fingerprint density at radius 1 is 1.33 bits per heavy atom. The van der Waals surface area contributed by atoms with Crippen molar-refractivity contribution in [3.05, 3.63) is 29.6 Å². The summed E-state index contributed by atoms with van der Waals surface area (Å²) in [6, 6.07) is 5.40. The Hall–Kier alpha value is -1.13.